The highest BCUT2D eigenvalue weighted by Gasteiger charge is 2.16. The Bertz CT molecular complexity index is 776. The lowest BCUT2D eigenvalue weighted by atomic mass is 10.1. The van der Waals surface area contributed by atoms with E-state index in [1.807, 2.05) is 13.8 Å². The highest BCUT2D eigenvalue weighted by Crippen LogP contribution is 2.32. The van der Waals surface area contributed by atoms with Crippen LogP contribution in [0.5, 0.6) is 17.2 Å². The average Bonchev–Trinajstić information content (AvgIpc) is 3.04. The molecule has 0 bridgehead atoms. The molecule has 1 N–H and O–H groups in total. The molecule has 0 spiro atoms. The monoisotopic (exact) mass is 345 g/mol. The van der Waals surface area contributed by atoms with E-state index < -0.39 is 5.82 Å². The van der Waals surface area contributed by atoms with E-state index in [0.29, 0.717) is 30.0 Å². The third kappa shape index (κ3) is 4.21. The molecule has 5 nitrogen and oxygen atoms in total. The van der Waals surface area contributed by atoms with Crippen LogP contribution in [0, 0.1) is 5.82 Å². The molecule has 3 rings (SSSR count). The summed E-state index contributed by atoms with van der Waals surface area (Å²) in [6, 6.07) is 9.89. The van der Waals surface area contributed by atoms with E-state index in [4.69, 9.17) is 14.2 Å². The number of fused-ring (bicyclic) bond motifs is 1. The van der Waals surface area contributed by atoms with Crippen molar-refractivity contribution in [3.05, 3.63) is 53.3 Å². The minimum absolute atomic E-state index is 0.0821. The molecule has 25 heavy (non-hydrogen) atoms. The zero-order chi connectivity index (χ0) is 17.8. The van der Waals surface area contributed by atoms with Crippen molar-refractivity contribution in [2.75, 3.05) is 13.3 Å². The Morgan fingerprint density at radius 2 is 2.00 bits per heavy atom. The molecule has 132 valence electrons. The second-order valence-corrected chi connectivity index (χ2v) is 6.01. The molecular formula is C19H20FNO4. The van der Waals surface area contributed by atoms with E-state index in [-0.39, 0.29) is 24.6 Å². The summed E-state index contributed by atoms with van der Waals surface area (Å²) in [5.74, 6) is 0.834. The summed E-state index contributed by atoms with van der Waals surface area (Å²) in [6.07, 6.45) is 0.441. The van der Waals surface area contributed by atoms with E-state index in [0.717, 1.165) is 5.56 Å². The molecule has 1 amide bonds. The number of hydrogen-bond acceptors (Lipinski definition) is 4. The van der Waals surface area contributed by atoms with Gasteiger partial charge in [-0.15, -0.1) is 0 Å². The maximum Gasteiger partial charge on any atom is 0.251 e. The van der Waals surface area contributed by atoms with Gasteiger partial charge in [0.1, 0.15) is 0 Å². The summed E-state index contributed by atoms with van der Waals surface area (Å²) in [5, 5.41) is 2.82. The average molecular weight is 345 g/mol. The molecule has 2 aromatic rings. The van der Waals surface area contributed by atoms with Gasteiger partial charge in [-0.2, -0.15) is 0 Å². The lowest BCUT2D eigenvalue weighted by Crippen LogP contribution is -2.25. The third-order valence-electron chi connectivity index (χ3n) is 3.69. The fraction of sp³-hybridized carbons (Fsp3) is 0.316. The number of halogens is 1. The van der Waals surface area contributed by atoms with Gasteiger partial charge in [0.15, 0.2) is 23.1 Å². The Morgan fingerprint density at radius 1 is 1.20 bits per heavy atom. The van der Waals surface area contributed by atoms with Crippen molar-refractivity contribution in [3.63, 3.8) is 0 Å². The van der Waals surface area contributed by atoms with Crippen LogP contribution < -0.4 is 19.5 Å². The highest BCUT2D eigenvalue weighted by atomic mass is 19.1. The van der Waals surface area contributed by atoms with E-state index in [9.17, 15) is 9.18 Å². The second-order valence-electron chi connectivity index (χ2n) is 6.01. The number of carbonyl (C=O) groups excluding carboxylic acids is 1. The molecule has 2 aromatic carbocycles. The smallest absolute Gasteiger partial charge is 0.251 e. The van der Waals surface area contributed by atoms with Gasteiger partial charge in [-0.05, 0) is 56.2 Å². The maximum atomic E-state index is 14.0. The van der Waals surface area contributed by atoms with Gasteiger partial charge in [-0.1, -0.05) is 6.07 Å². The summed E-state index contributed by atoms with van der Waals surface area (Å²) >= 11 is 0. The van der Waals surface area contributed by atoms with Crippen LogP contribution >= 0.6 is 0 Å². The zero-order valence-corrected chi connectivity index (χ0v) is 14.2. The number of benzene rings is 2. The SMILES string of the molecule is CC(C)Oc1ccc(CCNC(=O)c2ccc3c(c2)OCO3)cc1F. The first-order chi connectivity index (χ1) is 12.0. The van der Waals surface area contributed by atoms with Gasteiger partial charge in [-0.3, -0.25) is 4.79 Å². The standard InChI is InChI=1S/C19H20FNO4/c1-12(2)25-16-5-3-13(9-15(16)20)7-8-21-19(22)14-4-6-17-18(10-14)24-11-23-17/h3-6,9-10,12H,7-8,11H2,1-2H3,(H,21,22). The van der Waals surface area contributed by atoms with Crippen molar-refractivity contribution in [1.29, 1.82) is 0 Å². The largest absolute Gasteiger partial charge is 0.488 e. The molecular weight excluding hydrogens is 325 g/mol. The molecule has 0 atom stereocenters. The number of ether oxygens (including phenoxy) is 3. The molecule has 0 radical (unpaired) electrons. The molecule has 0 saturated carbocycles. The van der Waals surface area contributed by atoms with Gasteiger partial charge in [-0.25, -0.2) is 4.39 Å². The quantitative estimate of drug-likeness (QED) is 0.873. The van der Waals surface area contributed by atoms with Crippen LogP contribution in [0.2, 0.25) is 0 Å². The van der Waals surface area contributed by atoms with Gasteiger partial charge in [0.2, 0.25) is 6.79 Å². The van der Waals surface area contributed by atoms with Gasteiger partial charge in [0.25, 0.3) is 5.91 Å². The summed E-state index contributed by atoms with van der Waals surface area (Å²) < 4.78 is 29.8. The predicted molar refractivity (Wildman–Crippen MR) is 90.8 cm³/mol. The fourth-order valence-corrected chi connectivity index (χ4v) is 2.51. The molecule has 0 aromatic heterocycles. The number of nitrogens with one attached hydrogen (secondary N) is 1. The Labute approximate surface area is 145 Å². The zero-order valence-electron chi connectivity index (χ0n) is 14.2. The summed E-state index contributed by atoms with van der Waals surface area (Å²) in [4.78, 5) is 12.2. The van der Waals surface area contributed by atoms with Gasteiger partial charge >= 0.3 is 0 Å². The van der Waals surface area contributed by atoms with Crippen molar-refractivity contribution in [3.8, 4) is 17.2 Å². The lowest BCUT2D eigenvalue weighted by molar-refractivity contribution is 0.0953. The topological polar surface area (TPSA) is 56.8 Å². The summed E-state index contributed by atoms with van der Waals surface area (Å²) in [6.45, 7) is 4.26. The van der Waals surface area contributed by atoms with Crippen LogP contribution in [-0.2, 0) is 6.42 Å². The van der Waals surface area contributed by atoms with Crippen LogP contribution in [0.25, 0.3) is 0 Å². The van der Waals surface area contributed by atoms with E-state index in [1.54, 1.807) is 30.3 Å². The molecule has 0 unspecified atom stereocenters. The summed E-state index contributed by atoms with van der Waals surface area (Å²) in [5.41, 5.74) is 1.29. The van der Waals surface area contributed by atoms with Gasteiger partial charge < -0.3 is 19.5 Å². The Balaban J connectivity index is 1.54. The number of hydrogen-bond donors (Lipinski definition) is 1. The molecule has 0 fully saturated rings. The fourth-order valence-electron chi connectivity index (χ4n) is 2.51. The molecule has 1 aliphatic rings. The molecule has 1 heterocycles. The van der Waals surface area contributed by atoms with Crippen LogP contribution in [-0.4, -0.2) is 25.3 Å². The third-order valence-corrected chi connectivity index (χ3v) is 3.69. The summed E-state index contributed by atoms with van der Waals surface area (Å²) in [7, 11) is 0. The number of amides is 1. The van der Waals surface area contributed by atoms with Gasteiger partial charge in [0, 0.05) is 12.1 Å². The van der Waals surface area contributed by atoms with E-state index >= 15 is 0 Å². The molecule has 6 heteroatoms. The van der Waals surface area contributed by atoms with Crippen molar-refractivity contribution in [1.82, 2.24) is 5.32 Å². The van der Waals surface area contributed by atoms with Crippen molar-refractivity contribution in [2.45, 2.75) is 26.4 Å². The predicted octanol–water partition coefficient (Wildman–Crippen LogP) is 3.31. The first-order valence-corrected chi connectivity index (χ1v) is 8.16. The first kappa shape index (κ1) is 17.1. The van der Waals surface area contributed by atoms with Crippen molar-refractivity contribution in [2.24, 2.45) is 0 Å². The normalized spacial score (nSPS) is 12.3. The van der Waals surface area contributed by atoms with E-state index in [2.05, 4.69) is 5.32 Å². The Morgan fingerprint density at radius 3 is 2.76 bits per heavy atom. The number of rotatable bonds is 6. The molecule has 1 aliphatic heterocycles. The van der Waals surface area contributed by atoms with Crippen molar-refractivity contribution >= 4 is 5.91 Å². The molecule has 0 aliphatic carbocycles. The minimum Gasteiger partial charge on any atom is -0.488 e. The first-order valence-electron chi connectivity index (χ1n) is 8.16. The van der Waals surface area contributed by atoms with Crippen LogP contribution in [0.4, 0.5) is 4.39 Å². The number of carbonyl (C=O) groups is 1. The van der Waals surface area contributed by atoms with E-state index in [1.165, 1.54) is 6.07 Å². The minimum atomic E-state index is -0.395. The van der Waals surface area contributed by atoms with Crippen LogP contribution in [0.1, 0.15) is 29.8 Å². The highest BCUT2D eigenvalue weighted by molar-refractivity contribution is 5.94. The van der Waals surface area contributed by atoms with Gasteiger partial charge in [0.05, 0.1) is 6.10 Å². The lowest BCUT2D eigenvalue weighted by Gasteiger charge is -2.11. The van der Waals surface area contributed by atoms with Crippen LogP contribution in [0.3, 0.4) is 0 Å². The second kappa shape index (κ2) is 7.42. The van der Waals surface area contributed by atoms with Crippen molar-refractivity contribution < 1.29 is 23.4 Å². The maximum absolute atomic E-state index is 14.0. The molecule has 0 saturated heterocycles. The Hall–Kier alpha value is -2.76. The van der Waals surface area contributed by atoms with Crippen LogP contribution in [0.15, 0.2) is 36.4 Å². The Kier molecular flexibility index (Phi) is 5.07.